The highest BCUT2D eigenvalue weighted by Gasteiger charge is 2.38. The molecule has 1 atom stereocenters. The Morgan fingerprint density at radius 2 is 2.24 bits per heavy atom. The van der Waals surface area contributed by atoms with Crippen molar-refractivity contribution in [3.8, 4) is 0 Å². The van der Waals surface area contributed by atoms with Crippen LogP contribution in [0.15, 0.2) is 29.2 Å². The molecule has 1 aromatic rings. The topological polar surface area (TPSA) is 46.6 Å². The van der Waals surface area contributed by atoms with Gasteiger partial charge in [0.2, 0.25) is 0 Å². The van der Waals surface area contributed by atoms with Gasteiger partial charge in [-0.05, 0) is 30.7 Å². The van der Waals surface area contributed by atoms with Gasteiger partial charge >= 0.3 is 5.97 Å². The second kappa shape index (κ2) is 6.60. The molecule has 21 heavy (non-hydrogen) atoms. The maximum atomic E-state index is 12.4. The van der Waals surface area contributed by atoms with Crippen molar-refractivity contribution in [2.45, 2.75) is 13.0 Å². The first-order valence-corrected chi connectivity index (χ1v) is 7.64. The van der Waals surface area contributed by atoms with E-state index in [4.69, 9.17) is 23.8 Å². The number of rotatable bonds is 3. The molecule has 110 valence electrons. The minimum absolute atomic E-state index is 0.303. The third-order valence-electron chi connectivity index (χ3n) is 2.90. The normalized spacial score (nSPS) is 18.2. The number of amides is 1. The monoisotopic (exact) mass is 341 g/mol. The third kappa shape index (κ3) is 3.45. The van der Waals surface area contributed by atoms with Crippen LogP contribution >= 0.6 is 35.6 Å². The first-order chi connectivity index (χ1) is 9.93. The smallest absolute Gasteiger partial charge is 0.328 e. The molecule has 0 aliphatic carbocycles. The molecule has 2 rings (SSSR count). The van der Waals surface area contributed by atoms with Gasteiger partial charge in [-0.1, -0.05) is 47.7 Å². The Kier molecular flexibility index (Phi) is 5.03. The molecule has 1 unspecified atom stereocenters. The van der Waals surface area contributed by atoms with Gasteiger partial charge in [0.1, 0.15) is 10.4 Å². The van der Waals surface area contributed by atoms with Crippen LogP contribution in [0.5, 0.6) is 0 Å². The van der Waals surface area contributed by atoms with Crippen molar-refractivity contribution in [3.63, 3.8) is 0 Å². The van der Waals surface area contributed by atoms with E-state index in [2.05, 4.69) is 4.74 Å². The molecule has 1 amide bonds. The highest BCUT2D eigenvalue weighted by atomic mass is 35.5. The van der Waals surface area contributed by atoms with E-state index in [-0.39, 0.29) is 5.91 Å². The number of hydrogen-bond donors (Lipinski definition) is 0. The van der Waals surface area contributed by atoms with Crippen molar-refractivity contribution in [2.24, 2.45) is 0 Å². The van der Waals surface area contributed by atoms with E-state index in [0.29, 0.717) is 14.2 Å². The summed E-state index contributed by atoms with van der Waals surface area (Å²) in [6.45, 7) is 1.58. The summed E-state index contributed by atoms with van der Waals surface area (Å²) < 4.78 is 4.99. The highest BCUT2D eigenvalue weighted by molar-refractivity contribution is 8.26. The fourth-order valence-electron chi connectivity index (χ4n) is 1.84. The maximum Gasteiger partial charge on any atom is 0.328 e. The summed E-state index contributed by atoms with van der Waals surface area (Å²) in [4.78, 5) is 25.7. The quantitative estimate of drug-likeness (QED) is 0.480. The van der Waals surface area contributed by atoms with Gasteiger partial charge in [-0.25, -0.2) is 4.79 Å². The van der Waals surface area contributed by atoms with Crippen molar-refractivity contribution in [1.82, 2.24) is 4.90 Å². The lowest BCUT2D eigenvalue weighted by atomic mass is 10.2. The fraction of sp³-hybridized carbons (Fsp3) is 0.214. The molecule has 1 fully saturated rings. The second-order valence-corrected chi connectivity index (χ2v) is 6.42. The summed E-state index contributed by atoms with van der Waals surface area (Å²) in [5.41, 5.74) is 0.800. The second-order valence-electron chi connectivity index (χ2n) is 4.31. The lowest BCUT2D eigenvalue weighted by molar-refractivity contribution is -0.147. The predicted molar refractivity (Wildman–Crippen MR) is 87.9 cm³/mol. The third-order valence-corrected chi connectivity index (χ3v) is 4.47. The highest BCUT2D eigenvalue weighted by Crippen LogP contribution is 2.34. The number of halogens is 1. The maximum absolute atomic E-state index is 12.4. The Labute approximate surface area is 137 Å². The number of carbonyl (C=O) groups is 2. The molecule has 1 heterocycles. The summed E-state index contributed by atoms with van der Waals surface area (Å²) in [6, 6.07) is 6.39. The van der Waals surface area contributed by atoms with Crippen molar-refractivity contribution in [3.05, 3.63) is 39.8 Å². The standard InChI is InChI=1S/C14H12ClNO3S2/c1-8(13(18)19-2)16-12(17)11(21-14(16)20)7-9-4-3-5-10(15)6-9/h3-8H,1-2H3. The molecule has 1 aliphatic rings. The van der Waals surface area contributed by atoms with Gasteiger partial charge < -0.3 is 4.74 Å². The van der Waals surface area contributed by atoms with Crippen LogP contribution < -0.4 is 0 Å². The van der Waals surface area contributed by atoms with Crippen molar-refractivity contribution >= 4 is 57.9 Å². The number of ether oxygens (including phenoxy) is 1. The molecule has 0 N–H and O–H groups in total. The average molecular weight is 342 g/mol. The molecule has 7 heteroatoms. The molecule has 1 saturated heterocycles. The van der Waals surface area contributed by atoms with Crippen molar-refractivity contribution in [2.75, 3.05) is 7.11 Å². The molecule has 0 aromatic heterocycles. The Bertz CT molecular complexity index is 645. The molecule has 0 saturated carbocycles. The molecular formula is C14H12ClNO3S2. The summed E-state index contributed by atoms with van der Waals surface area (Å²) in [6.07, 6.45) is 1.70. The SMILES string of the molecule is COC(=O)C(C)N1C(=O)C(=Cc2cccc(Cl)c2)SC1=S. The van der Waals surface area contributed by atoms with E-state index in [1.165, 1.54) is 12.0 Å². The number of nitrogens with zero attached hydrogens (tertiary/aromatic N) is 1. The molecule has 0 bridgehead atoms. The largest absolute Gasteiger partial charge is 0.467 e. The molecule has 1 aromatic carbocycles. The number of methoxy groups -OCH3 is 1. The minimum atomic E-state index is -0.743. The number of carbonyl (C=O) groups excluding carboxylic acids is 2. The van der Waals surface area contributed by atoms with E-state index in [0.717, 1.165) is 17.3 Å². The fourth-order valence-corrected chi connectivity index (χ4v) is 3.45. The van der Waals surface area contributed by atoms with E-state index in [1.54, 1.807) is 31.2 Å². The van der Waals surface area contributed by atoms with E-state index < -0.39 is 12.0 Å². The summed E-state index contributed by atoms with van der Waals surface area (Å²) in [5.74, 6) is -0.807. The van der Waals surface area contributed by atoms with E-state index >= 15 is 0 Å². The Balaban J connectivity index is 2.28. The van der Waals surface area contributed by atoms with Crippen LogP contribution in [-0.2, 0) is 14.3 Å². The van der Waals surface area contributed by atoms with Crippen molar-refractivity contribution in [1.29, 1.82) is 0 Å². The molecule has 0 radical (unpaired) electrons. The van der Waals surface area contributed by atoms with Gasteiger partial charge in [0.05, 0.1) is 12.0 Å². The van der Waals surface area contributed by atoms with Crippen LogP contribution in [0.1, 0.15) is 12.5 Å². The number of benzene rings is 1. The lowest BCUT2D eigenvalue weighted by Gasteiger charge is -2.20. The van der Waals surface area contributed by atoms with E-state index in [9.17, 15) is 9.59 Å². The summed E-state index contributed by atoms with van der Waals surface area (Å²) >= 11 is 12.2. The Morgan fingerprint density at radius 3 is 2.86 bits per heavy atom. The van der Waals surface area contributed by atoms with Gasteiger partial charge in [-0.15, -0.1) is 0 Å². The van der Waals surface area contributed by atoms with E-state index in [1.807, 2.05) is 6.07 Å². The summed E-state index contributed by atoms with van der Waals surface area (Å²) in [5, 5.41) is 0.585. The number of thiocarbonyl (C=S) groups is 1. The van der Waals surface area contributed by atoms with Gasteiger partial charge in [-0.2, -0.15) is 0 Å². The predicted octanol–water partition coefficient (Wildman–Crippen LogP) is 3.10. The molecular weight excluding hydrogens is 330 g/mol. The Morgan fingerprint density at radius 1 is 1.52 bits per heavy atom. The van der Waals surface area contributed by atoms with Crippen LogP contribution in [0.3, 0.4) is 0 Å². The van der Waals surface area contributed by atoms with Gasteiger partial charge in [-0.3, -0.25) is 9.69 Å². The van der Waals surface area contributed by atoms with Gasteiger partial charge in [0.15, 0.2) is 0 Å². The molecule has 4 nitrogen and oxygen atoms in total. The van der Waals surface area contributed by atoms with Gasteiger partial charge in [0.25, 0.3) is 5.91 Å². The number of hydrogen-bond acceptors (Lipinski definition) is 5. The zero-order chi connectivity index (χ0) is 15.6. The number of thioether (sulfide) groups is 1. The van der Waals surface area contributed by atoms with Gasteiger partial charge in [0, 0.05) is 5.02 Å². The van der Waals surface area contributed by atoms with Crippen LogP contribution in [-0.4, -0.2) is 34.2 Å². The van der Waals surface area contributed by atoms with Crippen LogP contribution in [0.4, 0.5) is 0 Å². The lowest BCUT2D eigenvalue weighted by Crippen LogP contribution is -2.42. The average Bonchev–Trinajstić information content (AvgIpc) is 2.72. The molecule has 0 spiro atoms. The Hall–Kier alpha value is -1.37. The summed E-state index contributed by atoms with van der Waals surface area (Å²) in [7, 11) is 1.28. The first-order valence-electron chi connectivity index (χ1n) is 6.04. The zero-order valence-corrected chi connectivity index (χ0v) is 13.7. The molecule has 1 aliphatic heterocycles. The minimum Gasteiger partial charge on any atom is -0.467 e. The zero-order valence-electron chi connectivity index (χ0n) is 11.3. The van der Waals surface area contributed by atoms with Crippen molar-refractivity contribution < 1.29 is 14.3 Å². The number of esters is 1. The van der Waals surface area contributed by atoms with Crippen LogP contribution in [0.2, 0.25) is 5.02 Å². The van der Waals surface area contributed by atoms with Crippen LogP contribution in [0.25, 0.3) is 6.08 Å². The first kappa shape index (κ1) is 16.0. The van der Waals surface area contributed by atoms with Crippen LogP contribution in [0, 0.1) is 0 Å².